The molecule has 1 N–H and O–H groups in total. The number of rotatable bonds is 3. The van der Waals surface area contributed by atoms with Crippen molar-refractivity contribution in [1.82, 2.24) is 9.80 Å². The first kappa shape index (κ1) is 18.0. The van der Waals surface area contributed by atoms with Gasteiger partial charge in [0.15, 0.2) is 0 Å². The standard InChI is InChI=1S/C10H10F6N2O4/c11-9(12,13)7(21)17-2-1-5(3-17)18(4-6(19)20)8(22)10(14,15)16/h5H,1-4H2,(H,19,20)/t5-/m1/s1. The highest BCUT2D eigenvalue weighted by Crippen LogP contribution is 2.26. The molecule has 0 unspecified atom stereocenters. The van der Waals surface area contributed by atoms with E-state index in [9.17, 15) is 40.7 Å². The third-order valence-corrected chi connectivity index (χ3v) is 2.94. The van der Waals surface area contributed by atoms with Gasteiger partial charge >= 0.3 is 30.1 Å². The van der Waals surface area contributed by atoms with Crippen LogP contribution in [-0.2, 0) is 14.4 Å². The van der Waals surface area contributed by atoms with Gasteiger partial charge in [0.2, 0.25) is 0 Å². The van der Waals surface area contributed by atoms with E-state index in [0.29, 0.717) is 0 Å². The number of alkyl halides is 6. The Kier molecular flexibility index (Phi) is 4.92. The fourth-order valence-electron chi connectivity index (χ4n) is 2.04. The quantitative estimate of drug-likeness (QED) is 0.767. The van der Waals surface area contributed by atoms with Crippen LogP contribution in [0.15, 0.2) is 0 Å². The van der Waals surface area contributed by atoms with Gasteiger partial charge in [-0.05, 0) is 6.42 Å². The Hall–Kier alpha value is -2.01. The van der Waals surface area contributed by atoms with E-state index in [1.807, 2.05) is 0 Å². The first-order chi connectivity index (χ1) is 9.84. The van der Waals surface area contributed by atoms with Crippen molar-refractivity contribution < 1.29 is 45.8 Å². The number of aliphatic carboxylic acids is 1. The Morgan fingerprint density at radius 1 is 1.09 bits per heavy atom. The Morgan fingerprint density at radius 2 is 1.64 bits per heavy atom. The number of hydrogen-bond donors (Lipinski definition) is 1. The van der Waals surface area contributed by atoms with Crippen molar-refractivity contribution >= 4 is 17.8 Å². The van der Waals surface area contributed by atoms with Crippen LogP contribution in [0.25, 0.3) is 0 Å². The molecule has 1 aliphatic heterocycles. The maximum Gasteiger partial charge on any atom is 0.471 e. The minimum Gasteiger partial charge on any atom is -0.480 e. The van der Waals surface area contributed by atoms with Gasteiger partial charge in [-0.15, -0.1) is 0 Å². The number of nitrogens with zero attached hydrogens (tertiary/aromatic N) is 2. The molecule has 12 heteroatoms. The molecular formula is C10H10F6N2O4. The van der Waals surface area contributed by atoms with Crippen LogP contribution in [0.2, 0.25) is 0 Å². The van der Waals surface area contributed by atoms with E-state index in [0.717, 1.165) is 0 Å². The van der Waals surface area contributed by atoms with Crippen LogP contribution >= 0.6 is 0 Å². The topological polar surface area (TPSA) is 77.9 Å². The number of carboxylic acid groups (broad SMARTS) is 1. The zero-order chi connectivity index (χ0) is 17.3. The SMILES string of the molecule is O=C(O)CN(C(=O)C(F)(F)F)[C@@H]1CCN(C(=O)C(F)(F)F)C1. The highest BCUT2D eigenvalue weighted by atomic mass is 19.4. The fourth-order valence-corrected chi connectivity index (χ4v) is 2.04. The number of hydrogen-bond acceptors (Lipinski definition) is 3. The van der Waals surface area contributed by atoms with E-state index in [1.54, 1.807) is 0 Å². The second-order valence-electron chi connectivity index (χ2n) is 4.52. The third-order valence-electron chi connectivity index (χ3n) is 2.94. The van der Waals surface area contributed by atoms with Crippen molar-refractivity contribution in [2.45, 2.75) is 24.8 Å². The molecule has 1 aliphatic rings. The van der Waals surface area contributed by atoms with Crippen LogP contribution in [0.1, 0.15) is 6.42 Å². The summed E-state index contributed by atoms with van der Waals surface area (Å²) in [7, 11) is 0. The summed E-state index contributed by atoms with van der Waals surface area (Å²) in [5.41, 5.74) is 0. The summed E-state index contributed by atoms with van der Waals surface area (Å²) in [4.78, 5) is 32.9. The van der Waals surface area contributed by atoms with Crippen molar-refractivity contribution in [1.29, 1.82) is 0 Å². The normalized spacial score (nSPS) is 19.2. The Bertz CT molecular complexity index is 475. The van der Waals surface area contributed by atoms with E-state index in [1.165, 1.54) is 0 Å². The van der Waals surface area contributed by atoms with Crippen molar-refractivity contribution in [2.24, 2.45) is 0 Å². The molecule has 2 amide bonds. The molecule has 0 spiro atoms. The van der Waals surface area contributed by atoms with Gasteiger partial charge in [-0.25, -0.2) is 0 Å². The van der Waals surface area contributed by atoms with Crippen molar-refractivity contribution in [2.75, 3.05) is 19.6 Å². The Morgan fingerprint density at radius 3 is 2.05 bits per heavy atom. The minimum atomic E-state index is -5.36. The minimum absolute atomic E-state index is 0.0774. The molecule has 1 fully saturated rings. The number of amides is 2. The fraction of sp³-hybridized carbons (Fsp3) is 0.700. The predicted octanol–water partition coefficient (Wildman–Crippen LogP) is 0.625. The smallest absolute Gasteiger partial charge is 0.471 e. The first-order valence-electron chi connectivity index (χ1n) is 5.79. The molecule has 0 bridgehead atoms. The molecule has 1 rings (SSSR count). The van der Waals surface area contributed by atoms with E-state index in [2.05, 4.69) is 0 Å². The maximum atomic E-state index is 12.4. The third kappa shape index (κ3) is 4.24. The van der Waals surface area contributed by atoms with E-state index >= 15 is 0 Å². The Balaban J connectivity index is 2.88. The van der Waals surface area contributed by atoms with Crippen LogP contribution in [0.5, 0.6) is 0 Å². The van der Waals surface area contributed by atoms with E-state index in [4.69, 9.17) is 5.11 Å². The van der Waals surface area contributed by atoms with Crippen molar-refractivity contribution in [3.05, 3.63) is 0 Å². The van der Waals surface area contributed by atoms with Gasteiger partial charge in [0.05, 0.1) is 6.04 Å². The molecule has 22 heavy (non-hydrogen) atoms. The summed E-state index contributed by atoms with van der Waals surface area (Å²) in [5.74, 6) is -6.47. The van der Waals surface area contributed by atoms with Gasteiger partial charge in [-0.2, -0.15) is 26.3 Å². The number of likely N-dealkylation sites (tertiary alicyclic amines) is 1. The molecule has 0 aromatic carbocycles. The van der Waals surface area contributed by atoms with Gasteiger partial charge in [-0.1, -0.05) is 0 Å². The number of halogens is 6. The van der Waals surface area contributed by atoms with Crippen molar-refractivity contribution in [3.63, 3.8) is 0 Å². The Labute approximate surface area is 119 Å². The molecule has 0 aliphatic carbocycles. The molecule has 126 valence electrons. The number of carboxylic acids is 1. The van der Waals surface area contributed by atoms with Gasteiger partial charge in [0.25, 0.3) is 0 Å². The molecular weight excluding hydrogens is 326 g/mol. The van der Waals surface area contributed by atoms with Gasteiger partial charge in [0, 0.05) is 13.1 Å². The molecule has 1 saturated heterocycles. The second kappa shape index (κ2) is 6.01. The van der Waals surface area contributed by atoms with Crippen LogP contribution in [0.3, 0.4) is 0 Å². The predicted molar refractivity (Wildman–Crippen MR) is 56.4 cm³/mol. The number of carbonyl (C=O) groups is 3. The van der Waals surface area contributed by atoms with Crippen LogP contribution in [-0.4, -0.2) is 70.7 Å². The summed E-state index contributed by atoms with van der Waals surface area (Å²) in [6, 6.07) is -1.45. The maximum absolute atomic E-state index is 12.4. The zero-order valence-corrected chi connectivity index (χ0v) is 10.7. The number of carbonyl (C=O) groups excluding carboxylic acids is 2. The molecule has 0 radical (unpaired) electrons. The summed E-state index contributed by atoms with van der Waals surface area (Å²) >= 11 is 0. The van der Waals surface area contributed by atoms with Gasteiger partial charge in [0.1, 0.15) is 6.54 Å². The summed E-state index contributed by atoms with van der Waals surface area (Å²) in [5, 5.41) is 8.54. The molecule has 1 atom stereocenters. The largest absolute Gasteiger partial charge is 0.480 e. The summed E-state index contributed by atoms with van der Waals surface area (Å²) in [6.45, 7) is -2.66. The van der Waals surface area contributed by atoms with Gasteiger partial charge < -0.3 is 14.9 Å². The summed E-state index contributed by atoms with van der Waals surface area (Å²) < 4.78 is 73.9. The average molecular weight is 336 g/mol. The molecule has 6 nitrogen and oxygen atoms in total. The van der Waals surface area contributed by atoms with Crippen molar-refractivity contribution in [3.8, 4) is 0 Å². The average Bonchev–Trinajstić information content (AvgIpc) is 2.80. The van der Waals surface area contributed by atoms with Crippen LogP contribution in [0, 0.1) is 0 Å². The lowest BCUT2D eigenvalue weighted by Crippen LogP contribution is -2.51. The molecule has 0 aromatic rings. The second-order valence-corrected chi connectivity index (χ2v) is 4.52. The molecule has 0 aromatic heterocycles. The van der Waals surface area contributed by atoms with Gasteiger partial charge in [-0.3, -0.25) is 14.4 Å². The molecule has 1 heterocycles. The lowest BCUT2D eigenvalue weighted by Gasteiger charge is -2.28. The first-order valence-corrected chi connectivity index (χ1v) is 5.79. The van der Waals surface area contributed by atoms with Crippen LogP contribution in [0.4, 0.5) is 26.3 Å². The molecule has 0 saturated carbocycles. The highest BCUT2D eigenvalue weighted by molar-refractivity contribution is 5.86. The lowest BCUT2D eigenvalue weighted by molar-refractivity contribution is -0.190. The monoisotopic (exact) mass is 336 g/mol. The van der Waals surface area contributed by atoms with E-state index < -0.39 is 55.8 Å². The van der Waals surface area contributed by atoms with E-state index in [-0.39, 0.29) is 16.2 Å². The zero-order valence-electron chi connectivity index (χ0n) is 10.7. The highest BCUT2D eigenvalue weighted by Gasteiger charge is 2.49. The summed E-state index contributed by atoms with van der Waals surface area (Å²) in [6.07, 6.45) is -10.9. The lowest BCUT2D eigenvalue weighted by atomic mass is 10.2. The van der Waals surface area contributed by atoms with Crippen LogP contribution < -0.4 is 0 Å².